The van der Waals surface area contributed by atoms with Crippen LogP contribution in [0.1, 0.15) is 30.4 Å². The van der Waals surface area contributed by atoms with Gasteiger partial charge in [0.05, 0.1) is 11.6 Å². The lowest BCUT2D eigenvalue weighted by Crippen LogP contribution is -2.53. The summed E-state index contributed by atoms with van der Waals surface area (Å²) in [5.41, 5.74) is 1.92. The minimum atomic E-state index is 0.225. The van der Waals surface area contributed by atoms with Crippen LogP contribution in [0.2, 0.25) is 0 Å². The molecule has 0 aromatic heterocycles. The van der Waals surface area contributed by atoms with Gasteiger partial charge in [-0.3, -0.25) is 4.90 Å². The van der Waals surface area contributed by atoms with Crippen molar-refractivity contribution in [2.75, 3.05) is 39.3 Å². The fraction of sp³-hybridized carbons (Fsp3) is 0.556. The Morgan fingerprint density at radius 2 is 1.52 bits per heavy atom. The molecule has 2 aliphatic heterocycles. The predicted octanol–water partition coefficient (Wildman–Crippen LogP) is 2.28. The number of benzene rings is 1. The third-order valence-electron chi connectivity index (χ3n) is 4.76. The monoisotopic (exact) mass is 312 g/mol. The van der Waals surface area contributed by atoms with E-state index in [9.17, 15) is 4.79 Å². The smallest absolute Gasteiger partial charge is 0.320 e. The summed E-state index contributed by atoms with van der Waals surface area (Å²) in [5, 5.41) is 8.84. The maximum atomic E-state index is 12.5. The Morgan fingerprint density at radius 3 is 2.13 bits per heavy atom. The van der Waals surface area contributed by atoms with E-state index in [2.05, 4.69) is 11.0 Å². The molecule has 0 unspecified atom stereocenters. The van der Waals surface area contributed by atoms with Crippen molar-refractivity contribution in [3.63, 3.8) is 0 Å². The third-order valence-corrected chi connectivity index (χ3v) is 4.76. The van der Waals surface area contributed by atoms with Crippen molar-refractivity contribution in [1.29, 1.82) is 5.26 Å². The van der Waals surface area contributed by atoms with E-state index in [4.69, 9.17) is 5.26 Å². The number of piperazine rings is 1. The average molecular weight is 312 g/mol. The van der Waals surface area contributed by atoms with Crippen molar-refractivity contribution in [1.82, 2.24) is 14.7 Å². The van der Waals surface area contributed by atoms with Crippen LogP contribution >= 0.6 is 0 Å². The quantitative estimate of drug-likeness (QED) is 0.842. The van der Waals surface area contributed by atoms with E-state index < -0.39 is 0 Å². The Labute approximate surface area is 138 Å². The van der Waals surface area contributed by atoms with Crippen LogP contribution in [0.25, 0.3) is 0 Å². The Balaban J connectivity index is 1.47. The van der Waals surface area contributed by atoms with Gasteiger partial charge in [0.1, 0.15) is 0 Å². The maximum Gasteiger partial charge on any atom is 0.320 e. The SMILES string of the molecule is N#Cc1ccc(CN2CCN(C(=O)N3CCCCC3)CC2)cc1. The van der Waals surface area contributed by atoms with Gasteiger partial charge in [-0.2, -0.15) is 5.26 Å². The molecule has 1 aromatic carbocycles. The highest BCUT2D eigenvalue weighted by molar-refractivity contribution is 5.74. The molecule has 2 amide bonds. The molecule has 0 atom stereocenters. The van der Waals surface area contributed by atoms with Crippen LogP contribution in [0.3, 0.4) is 0 Å². The van der Waals surface area contributed by atoms with Gasteiger partial charge >= 0.3 is 6.03 Å². The summed E-state index contributed by atoms with van der Waals surface area (Å²) in [6, 6.07) is 10.1. The lowest BCUT2D eigenvalue weighted by Gasteiger charge is -2.38. The van der Waals surface area contributed by atoms with Crippen LogP contribution in [0, 0.1) is 11.3 Å². The molecule has 0 aliphatic carbocycles. The number of piperidine rings is 1. The molecule has 0 radical (unpaired) electrons. The second-order valence-corrected chi connectivity index (χ2v) is 6.40. The molecule has 2 aliphatic rings. The highest BCUT2D eigenvalue weighted by atomic mass is 16.2. The van der Waals surface area contributed by atoms with Gasteiger partial charge in [0.25, 0.3) is 0 Å². The number of likely N-dealkylation sites (tertiary alicyclic amines) is 1. The van der Waals surface area contributed by atoms with Gasteiger partial charge in [0, 0.05) is 45.8 Å². The normalized spacial score (nSPS) is 19.4. The predicted molar refractivity (Wildman–Crippen MR) is 88.8 cm³/mol. The van der Waals surface area contributed by atoms with Gasteiger partial charge in [0.2, 0.25) is 0 Å². The van der Waals surface area contributed by atoms with E-state index >= 15 is 0 Å². The lowest BCUT2D eigenvalue weighted by atomic mass is 10.1. The summed E-state index contributed by atoms with van der Waals surface area (Å²) in [7, 11) is 0. The highest BCUT2D eigenvalue weighted by Gasteiger charge is 2.25. The molecule has 2 heterocycles. The standard InChI is InChI=1S/C18H24N4O/c19-14-16-4-6-17(7-5-16)15-20-10-12-22(13-11-20)18(23)21-8-2-1-3-9-21/h4-7H,1-3,8-13,15H2. The zero-order chi connectivity index (χ0) is 16.1. The fourth-order valence-electron chi connectivity index (χ4n) is 3.33. The van der Waals surface area contributed by atoms with Crippen molar-refractivity contribution in [3.8, 4) is 6.07 Å². The topological polar surface area (TPSA) is 50.6 Å². The summed E-state index contributed by atoms with van der Waals surface area (Å²) in [6.07, 6.45) is 3.54. The van der Waals surface area contributed by atoms with Crippen molar-refractivity contribution in [3.05, 3.63) is 35.4 Å². The van der Waals surface area contributed by atoms with E-state index in [0.717, 1.165) is 58.7 Å². The zero-order valence-electron chi connectivity index (χ0n) is 13.6. The molecule has 122 valence electrons. The number of nitriles is 1. The summed E-state index contributed by atoms with van der Waals surface area (Å²) < 4.78 is 0. The van der Waals surface area contributed by atoms with Crippen LogP contribution in [-0.4, -0.2) is 60.0 Å². The number of urea groups is 1. The Bertz CT molecular complexity index is 564. The van der Waals surface area contributed by atoms with E-state index in [-0.39, 0.29) is 6.03 Å². The average Bonchev–Trinajstić information content (AvgIpc) is 2.63. The van der Waals surface area contributed by atoms with Crippen molar-refractivity contribution < 1.29 is 4.79 Å². The summed E-state index contributed by atoms with van der Waals surface area (Å²) in [4.78, 5) is 18.9. The number of hydrogen-bond donors (Lipinski definition) is 0. The zero-order valence-corrected chi connectivity index (χ0v) is 13.6. The second-order valence-electron chi connectivity index (χ2n) is 6.40. The van der Waals surface area contributed by atoms with Gasteiger partial charge < -0.3 is 9.80 Å². The van der Waals surface area contributed by atoms with Crippen molar-refractivity contribution in [2.24, 2.45) is 0 Å². The molecule has 3 rings (SSSR count). The van der Waals surface area contributed by atoms with Gasteiger partial charge in [-0.05, 0) is 37.0 Å². The second kappa shape index (κ2) is 7.47. The van der Waals surface area contributed by atoms with Gasteiger partial charge in [-0.1, -0.05) is 12.1 Å². The van der Waals surface area contributed by atoms with E-state index in [1.54, 1.807) is 0 Å². The largest absolute Gasteiger partial charge is 0.325 e. The van der Waals surface area contributed by atoms with Crippen molar-refractivity contribution in [2.45, 2.75) is 25.8 Å². The molecule has 23 heavy (non-hydrogen) atoms. The van der Waals surface area contributed by atoms with E-state index in [1.165, 1.54) is 12.0 Å². The van der Waals surface area contributed by atoms with Crippen LogP contribution in [0.5, 0.6) is 0 Å². The molecular weight excluding hydrogens is 288 g/mol. The number of carbonyl (C=O) groups is 1. The summed E-state index contributed by atoms with van der Waals surface area (Å²) in [6.45, 7) is 6.18. The summed E-state index contributed by atoms with van der Waals surface area (Å²) >= 11 is 0. The van der Waals surface area contributed by atoms with Gasteiger partial charge in [-0.15, -0.1) is 0 Å². The Kier molecular flexibility index (Phi) is 5.14. The minimum absolute atomic E-state index is 0.225. The molecule has 0 saturated carbocycles. The van der Waals surface area contributed by atoms with Gasteiger partial charge in [0.15, 0.2) is 0 Å². The number of carbonyl (C=O) groups excluding carboxylic acids is 1. The first-order valence-electron chi connectivity index (χ1n) is 8.51. The van der Waals surface area contributed by atoms with Crippen LogP contribution in [0.15, 0.2) is 24.3 Å². The first-order valence-corrected chi connectivity index (χ1v) is 8.51. The van der Waals surface area contributed by atoms with Crippen LogP contribution < -0.4 is 0 Å². The molecule has 0 N–H and O–H groups in total. The van der Waals surface area contributed by atoms with Crippen LogP contribution in [-0.2, 0) is 6.54 Å². The number of nitrogens with zero attached hydrogens (tertiary/aromatic N) is 4. The Hall–Kier alpha value is -2.06. The number of hydrogen-bond acceptors (Lipinski definition) is 3. The minimum Gasteiger partial charge on any atom is -0.325 e. The Morgan fingerprint density at radius 1 is 0.913 bits per heavy atom. The molecule has 0 spiro atoms. The highest BCUT2D eigenvalue weighted by Crippen LogP contribution is 2.14. The molecule has 2 fully saturated rings. The van der Waals surface area contributed by atoms with Crippen molar-refractivity contribution >= 4 is 6.03 Å². The first kappa shape index (κ1) is 15.8. The molecule has 2 saturated heterocycles. The molecule has 0 bridgehead atoms. The number of amides is 2. The third kappa shape index (κ3) is 4.02. The molecular formula is C18H24N4O. The summed E-state index contributed by atoms with van der Waals surface area (Å²) in [5.74, 6) is 0. The fourth-order valence-corrected chi connectivity index (χ4v) is 3.33. The first-order chi connectivity index (χ1) is 11.3. The lowest BCUT2D eigenvalue weighted by molar-refractivity contribution is 0.105. The van der Waals surface area contributed by atoms with E-state index in [0.29, 0.717) is 5.56 Å². The molecule has 5 heteroatoms. The van der Waals surface area contributed by atoms with Gasteiger partial charge in [-0.25, -0.2) is 4.79 Å². The maximum absolute atomic E-state index is 12.5. The molecule has 1 aromatic rings. The van der Waals surface area contributed by atoms with E-state index in [1.807, 2.05) is 34.1 Å². The molecule has 5 nitrogen and oxygen atoms in total. The van der Waals surface area contributed by atoms with Crippen LogP contribution in [0.4, 0.5) is 4.79 Å². The number of rotatable bonds is 2.